The first-order valence-corrected chi connectivity index (χ1v) is 22.9. The number of nitrogens with one attached hydrogen (secondary N) is 2. The maximum atomic E-state index is 14.4. The number of piperidine rings is 1. The quantitative estimate of drug-likeness (QED) is 0.0768. The second-order valence-electron chi connectivity index (χ2n) is 16.9. The Morgan fingerprint density at radius 2 is 1.80 bits per heavy atom. The molecule has 1 unspecified atom stereocenters. The minimum atomic E-state index is -0.805. The van der Waals surface area contributed by atoms with Gasteiger partial charge in [0.1, 0.15) is 23.6 Å². The van der Waals surface area contributed by atoms with E-state index in [-0.39, 0.29) is 54.4 Å². The van der Waals surface area contributed by atoms with E-state index < -0.39 is 11.8 Å². The van der Waals surface area contributed by atoms with Crippen LogP contribution in [0, 0.1) is 17.1 Å². The van der Waals surface area contributed by atoms with E-state index in [2.05, 4.69) is 21.6 Å². The number of carbonyl (C=O) groups is 2. The number of carboxylic acids is 1. The van der Waals surface area contributed by atoms with Crippen molar-refractivity contribution in [2.45, 2.75) is 102 Å². The molecule has 4 heterocycles. The third-order valence-electron chi connectivity index (χ3n) is 12.5. The fourth-order valence-corrected chi connectivity index (χ4v) is 9.82. The zero-order valence-electron chi connectivity index (χ0n) is 36.2. The Morgan fingerprint density at radius 3 is 2.60 bits per heavy atom. The molecule has 1 aliphatic carbocycles. The lowest BCUT2D eigenvalue weighted by Crippen LogP contribution is -2.39. The highest BCUT2D eigenvalue weighted by molar-refractivity contribution is 6.36. The number of ether oxygens (including phenoxy) is 3. The van der Waals surface area contributed by atoms with E-state index in [4.69, 9.17) is 47.4 Å². The molecule has 2 aromatic heterocycles. The number of carbonyl (C=O) groups excluding carboxylic acids is 1. The summed E-state index contributed by atoms with van der Waals surface area (Å²) in [5.74, 6) is -0.280. The van der Waals surface area contributed by atoms with Gasteiger partial charge < -0.3 is 30.0 Å². The molecule has 3 atom stereocenters. The Morgan fingerprint density at radius 1 is 0.969 bits per heavy atom. The molecule has 12 nitrogen and oxygen atoms in total. The smallest absolute Gasteiger partial charge is 0.303 e. The molecule has 65 heavy (non-hydrogen) atoms. The predicted molar refractivity (Wildman–Crippen MR) is 245 cm³/mol. The summed E-state index contributed by atoms with van der Waals surface area (Å²) in [7, 11) is 1.60. The molecule has 338 valence electrons. The van der Waals surface area contributed by atoms with Crippen molar-refractivity contribution in [2.24, 2.45) is 0 Å². The maximum absolute atomic E-state index is 14.4. The van der Waals surface area contributed by atoms with Crippen molar-refractivity contribution in [3.05, 3.63) is 122 Å². The van der Waals surface area contributed by atoms with Crippen LogP contribution < -0.4 is 24.8 Å². The molecule has 0 spiro atoms. The van der Waals surface area contributed by atoms with Crippen LogP contribution >= 0.6 is 23.2 Å². The Balaban J connectivity index is 1.03. The lowest BCUT2D eigenvalue weighted by Gasteiger charge is -2.36. The molecular weight excluding hydrogens is 870 g/mol. The van der Waals surface area contributed by atoms with Crippen LogP contribution in [-0.4, -0.2) is 64.1 Å². The molecule has 2 aliphatic heterocycles. The van der Waals surface area contributed by atoms with Crippen molar-refractivity contribution in [1.82, 2.24) is 25.5 Å². The standard InChI is InChI=1S/C50H51Cl2FN6O6/c1-63-48-32(26-55-27-35-15-19-45(60)56-35)14-17-43(57-48)41-12-6-11-40(47(41)52)37-9-5-10-39-38(37)16-18-44(39)65-50-42(51)24-33(28-59-20-3-2-7-36(59)8-4-13-46(61)62)49(58-50)64-29-31-21-30(25-54)22-34(53)23-31/h5-6,9-12,14,17,21-24,35-36,44,55H,2-4,7-8,13,15-16,18-20,26-29H2,1H3,(H,56,60)(H,61,62)/t35-,36?,44-/m0/s1. The number of likely N-dealkylation sites (tertiary alicyclic amines) is 1. The number of fused-ring (bicyclic) bond motifs is 1. The van der Waals surface area contributed by atoms with Crippen LogP contribution in [0.4, 0.5) is 4.39 Å². The topological polar surface area (TPSA) is 159 Å². The summed E-state index contributed by atoms with van der Waals surface area (Å²) < 4.78 is 33.1. The van der Waals surface area contributed by atoms with E-state index in [1.807, 2.05) is 54.6 Å². The second-order valence-corrected chi connectivity index (χ2v) is 17.7. The second kappa shape index (κ2) is 21.0. The molecule has 2 saturated heterocycles. The van der Waals surface area contributed by atoms with Crippen LogP contribution in [0.25, 0.3) is 22.4 Å². The Bertz CT molecular complexity index is 2610. The summed E-state index contributed by atoms with van der Waals surface area (Å²) in [6.45, 7) is 2.44. The third-order valence-corrected chi connectivity index (χ3v) is 13.1. The van der Waals surface area contributed by atoms with Crippen molar-refractivity contribution in [2.75, 3.05) is 20.2 Å². The molecular formula is C50H51Cl2FN6O6. The number of methoxy groups -OCH3 is 1. The minimum absolute atomic E-state index is 0.0446. The van der Waals surface area contributed by atoms with E-state index in [0.29, 0.717) is 72.5 Å². The fourth-order valence-electron chi connectivity index (χ4n) is 9.27. The molecule has 0 saturated carbocycles. The normalized spacial score (nSPS) is 18.2. The summed E-state index contributed by atoms with van der Waals surface area (Å²) in [5, 5.41) is 26.0. The average molecular weight is 922 g/mol. The zero-order valence-corrected chi connectivity index (χ0v) is 37.7. The number of nitrogens with zero attached hydrogens (tertiary/aromatic N) is 4. The van der Waals surface area contributed by atoms with Gasteiger partial charge in [0, 0.05) is 66.8 Å². The first-order valence-electron chi connectivity index (χ1n) is 22.2. The Labute approximate surface area is 388 Å². The van der Waals surface area contributed by atoms with E-state index in [0.717, 1.165) is 77.6 Å². The van der Waals surface area contributed by atoms with Crippen LogP contribution in [0.3, 0.4) is 0 Å². The first-order chi connectivity index (χ1) is 31.6. The van der Waals surface area contributed by atoms with Gasteiger partial charge in [0.05, 0.1) is 29.5 Å². The predicted octanol–water partition coefficient (Wildman–Crippen LogP) is 9.76. The monoisotopic (exact) mass is 920 g/mol. The molecule has 0 bridgehead atoms. The van der Waals surface area contributed by atoms with Gasteiger partial charge in [-0.3, -0.25) is 14.5 Å². The first kappa shape index (κ1) is 45.8. The number of hydrogen-bond donors (Lipinski definition) is 3. The van der Waals surface area contributed by atoms with Gasteiger partial charge in [-0.2, -0.15) is 10.2 Å². The van der Waals surface area contributed by atoms with Gasteiger partial charge in [-0.05, 0) is 104 Å². The number of nitriles is 1. The van der Waals surface area contributed by atoms with Crippen molar-refractivity contribution in [1.29, 1.82) is 5.26 Å². The van der Waals surface area contributed by atoms with Crippen molar-refractivity contribution in [3.8, 4) is 46.1 Å². The molecule has 1 amide bonds. The number of halogens is 3. The van der Waals surface area contributed by atoms with E-state index in [1.54, 1.807) is 13.2 Å². The lowest BCUT2D eigenvalue weighted by molar-refractivity contribution is -0.137. The minimum Gasteiger partial charge on any atom is -0.481 e. The third kappa shape index (κ3) is 11.0. The molecule has 3 N–H and O–H groups in total. The molecule has 3 aliphatic rings. The molecule has 3 aromatic carbocycles. The Kier molecular flexibility index (Phi) is 14.8. The van der Waals surface area contributed by atoms with Crippen LogP contribution in [-0.2, 0) is 35.7 Å². The number of amides is 1. The van der Waals surface area contributed by atoms with Crippen molar-refractivity contribution in [3.63, 3.8) is 0 Å². The maximum Gasteiger partial charge on any atom is 0.303 e. The van der Waals surface area contributed by atoms with Gasteiger partial charge in [0.15, 0.2) is 0 Å². The molecule has 8 rings (SSSR count). The van der Waals surface area contributed by atoms with Crippen molar-refractivity contribution >= 4 is 35.1 Å². The highest BCUT2D eigenvalue weighted by Crippen LogP contribution is 2.45. The lowest BCUT2D eigenvalue weighted by atomic mass is 9.94. The van der Waals surface area contributed by atoms with Gasteiger partial charge in [0.2, 0.25) is 23.5 Å². The number of hydrogen-bond acceptors (Lipinski definition) is 10. The molecule has 15 heteroatoms. The van der Waals surface area contributed by atoms with Crippen molar-refractivity contribution < 1.29 is 33.3 Å². The van der Waals surface area contributed by atoms with Crippen LogP contribution in [0.1, 0.15) is 97.3 Å². The number of benzene rings is 3. The number of carboxylic acid groups (broad SMARTS) is 1. The van der Waals surface area contributed by atoms with E-state index in [9.17, 15) is 24.3 Å². The van der Waals surface area contributed by atoms with E-state index >= 15 is 0 Å². The summed E-state index contributed by atoms with van der Waals surface area (Å²) in [6.07, 6.45) is 6.85. The largest absolute Gasteiger partial charge is 0.481 e. The molecule has 5 aromatic rings. The summed E-state index contributed by atoms with van der Waals surface area (Å²) in [5.41, 5.74) is 7.65. The number of aliphatic carboxylic acids is 1. The fraction of sp³-hybridized carbons (Fsp3) is 0.380. The highest BCUT2D eigenvalue weighted by atomic mass is 35.5. The SMILES string of the molecule is COc1nc(-c2cccc(-c3cccc4c3CC[C@@H]4Oc3nc(OCc4cc(F)cc(C#N)c4)c(CN4CCCCC4CCCC(=O)O)cc3Cl)c2Cl)ccc1CNC[C@@H]1CCC(=O)N1. The number of aromatic nitrogens is 2. The van der Waals surface area contributed by atoms with E-state index in [1.165, 1.54) is 12.1 Å². The highest BCUT2D eigenvalue weighted by Gasteiger charge is 2.30. The van der Waals surface area contributed by atoms with Crippen LogP contribution in [0.15, 0.2) is 72.8 Å². The summed E-state index contributed by atoms with van der Waals surface area (Å²) in [4.78, 5) is 34.9. The number of pyridine rings is 2. The molecule has 0 radical (unpaired) electrons. The zero-order chi connectivity index (χ0) is 45.5. The number of rotatable bonds is 18. The summed E-state index contributed by atoms with van der Waals surface area (Å²) in [6, 6.07) is 24.2. The van der Waals surface area contributed by atoms with Gasteiger partial charge in [-0.25, -0.2) is 9.37 Å². The van der Waals surface area contributed by atoms with Gasteiger partial charge in [0.25, 0.3) is 0 Å². The van der Waals surface area contributed by atoms with Gasteiger partial charge in [-0.15, -0.1) is 0 Å². The summed E-state index contributed by atoms with van der Waals surface area (Å²) >= 11 is 14.3. The van der Waals surface area contributed by atoms with Gasteiger partial charge in [-0.1, -0.05) is 72.1 Å². The average Bonchev–Trinajstić information content (AvgIpc) is 3.92. The Hall–Kier alpha value is -5.78. The molecule has 2 fully saturated rings. The van der Waals surface area contributed by atoms with Gasteiger partial charge >= 0.3 is 5.97 Å². The van der Waals surface area contributed by atoms with Crippen LogP contribution in [0.5, 0.6) is 17.6 Å². The van der Waals surface area contributed by atoms with Crippen LogP contribution in [0.2, 0.25) is 10.0 Å².